The lowest BCUT2D eigenvalue weighted by molar-refractivity contribution is 0.772. The molecule has 0 spiro atoms. The molecule has 0 fully saturated rings. The van der Waals surface area contributed by atoms with Crippen molar-refractivity contribution in [1.29, 1.82) is 0 Å². The summed E-state index contributed by atoms with van der Waals surface area (Å²) < 4.78 is 9.31. The molecule has 0 nitrogen and oxygen atoms in total. The molecular formula is C5H12BrF. The molecule has 0 amide bonds. The van der Waals surface area contributed by atoms with Crippen molar-refractivity contribution < 1.29 is 3.56 Å². The van der Waals surface area contributed by atoms with Crippen LogP contribution in [0.25, 0.3) is 0 Å². The molecule has 0 atom stereocenters. The second-order valence-corrected chi connectivity index (χ2v) is 1.35. The van der Waals surface area contributed by atoms with E-state index in [1.54, 1.807) is 0 Å². The highest BCUT2D eigenvalue weighted by atomic mass is 79.9. The summed E-state index contributed by atoms with van der Waals surface area (Å²) in [6.45, 7) is 4.42. The lowest BCUT2D eigenvalue weighted by atomic mass is 10.3. The van der Waals surface area contributed by atoms with Crippen LogP contribution in [0.15, 0.2) is 0 Å². The van der Waals surface area contributed by atoms with Gasteiger partial charge in [0, 0.05) is 0 Å². The smallest absolute Gasteiger partial charge is 0.158 e. The highest BCUT2D eigenvalue weighted by Gasteiger charge is 1.68. The molecule has 0 aromatic carbocycles. The van der Waals surface area contributed by atoms with E-state index in [0.717, 1.165) is 0 Å². The Morgan fingerprint density at radius 3 is 1.43 bits per heavy atom. The van der Waals surface area contributed by atoms with E-state index in [-0.39, 0.29) is 0 Å². The van der Waals surface area contributed by atoms with E-state index in [9.17, 15) is 3.56 Å². The van der Waals surface area contributed by atoms with Crippen LogP contribution in [-0.2, 0) is 0 Å². The average molecular weight is 171 g/mol. The van der Waals surface area contributed by atoms with Gasteiger partial charge in [-0.05, 0) is 0 Å². The third-order valence-corrected chi connectivity index (χ3v) is 0.707. The zero-order valence-corrected chi connectivity index (χ0v) is 6.46. The summed E-state index contributed by atoms with van der Waals surface area (Å²) in [6.07, 6.45) is 4.08. The van der Waals surface area contributed by atoms with Crippen molar-refractivity contribution in [3.05, 3.63) is 0 Å². The quantitative estimate of drug-likeness (QED) is 0.596. The van der Waals surface area contributed by atoms with Crippen LogP contribution in [0.1, 0.15) is 33.1 Å². The zero-order chi connectivity index (χ0) is 6.12. The first-order chi connectivity index (χ1) is 3.41. The monoisotopic (exact) mass is 170 g/mol. The van der Waals surface area contributed by atoms with Crippen LogP contribution in [0.3, 0.4) is 0 Å². The fraction of sp³-hybridized carbons (Fsp3) is 1.00. The fourth-order valence-corrected chi connectivity index (χ4v) is 0.354. The maximum atomic E-state index is 9.31. The number of unbranched alkanes of at least 4 members (excludes halogenated alkanes) is 2. The second kappa shape index (κ2) is 16.1. The van der Waals surface area contributed by atoms with Gasteiger partial charge in [-0.15, -0.1) is 0 Å². The Bertz CT molecular complexity index is 15.6. The molecule has 0 N–H and O–H groups in total. The topological polar surface area (TPSA) is 0 Å². The number of halogens is 2. The van der Waals surface area contributed by atoms with E-state index < -0.39 is 0 Å². The predicted octanol–water partition coefficient (Wildman–Crippen LogP) is 3.46. The first-order valence-electron chi connectivity index (χ1n) is 2.56. The van der Waals surface area contributed by atoms with Crippen molar-refractivity contribution in [2.45, 2.75) is 33.1 Å². The van der Waals surface area contributed by atoms with E-state index >= 15 is 0 Å². The average Bonchev–Trinajstić information content (AvgIpc) is 1.75. The lowest BCUT2D eigenvalue weighted by Gasteiger charge is -1.79. The second-order valence-electron chi connectivity index (χ2n) is 1.35. The van der Waals surface area contributed by atoms with Gasteiger partial charge >= 0.3 is 0 Å². The molecule has 0 rings (SSSR count). The minimum absolute atomic E-state index is 1.34. The summed E-state index contributed by atoms with van der Waals surface area (Å²) in [6, 6.07) is 0. The van der Waals surface area contributed by atoms with Gasteiger partial charge in [0.15, 0.2) is 16.4 Å². The van der Waals surface area contributed by atoms with Crippen molar-refractivity contribution in [2.24, 2.45) is 0 Å². The molecule has 0 heterocycles. The molecule has 0 aliphatic heterocycles. The lowest BCUT2D eigenvalue weighted by Crippen LogP contribution is -1.59. The summed E-state index contributed by atoms with van der Waals surface area (Å²) in [5.74, 6) is 0. The van der Waals surface area contributed by atoms with Gasteiger partial charge in [-0.1, -0.05) is 33.1 Å². The normalized spacial score (nSPS) is 6.86. The molecule has 0 aromatic rings. The van der Waals surface area contributed by atoms with E-state index in [1.807, 2.05) is 0 Å². The Balaban J connectivity index is 0. The molecule has 0 aromatic heterocycles. The summed E-state index contributed by atoms with van der Waals surface area (Å²) in [5, 5.41) is 0. The molecule has 0 aliphatic rings. The highest BCUT2D eigenvalue weighted by molar-refractivity contribution is 9.05. The van der Waals surface area contributed by atoms with Crippen molar-refractivity contribution in [3.63, 3.8) is 0 Å². The van der Waals surface area contributed by atoms with Crippen LogP contribution in [-0.4, -0.2) is 0 Å². The summed E-state index contributed by atoms with van der Waals surface area (Å²) in [5.41, 5.74) is 0. The minimum atomic E-state index is 1.34. The molecule has 0 saturated carbocycles. The molecule has 7 heavy (non-hydrogen) atoms. The molecule has 0 aliphatic carbocycles. The third-order valence-electron chi connectivity index (χ3n) is 0.707. The van der Waals surface area contributed by atoms with Gasteiger partial charge in [0.25, 0.3) is 0 Å². The SMILES string of the molecule is CCCCC.FBr. The van der Waals surface area contributed by atoms with Gasteiger partial charge in [0.05, 0.1) is 0 Å². The van der Waals surface area contributed by atoms with Crippen LogP contribution < -0.4 is 0 Å². The van der Waals surface area contributed by atoms with Crippen LogP contribution in [0.4, 0.5) is 3.56 Å². The minimum Gasteiger partial charge on any atom is -0.158 e. The van der Waals surface area contributed by atoms with Gasteiger partial charge < -0.3 is 0 Å². The summed E-state index contributed by atoms with van der Waals surface area (Å²) in [7, 11) is 0. The van der Waals surface area contributed by atoms with Gasteiger partial charge in [-0.2, -0.15) is 3.56 Å². The molecular weight excluding hydrogens is 159 g/mol. The van der Waals surface area contributed by atoms with Crippen molar-refractivity contribution in [3.8, 4) is 0 Å². The first kappa shape index (κ1) is 10.4. The molecule has 0 radical (unpaired) electrons. The number of hydrogen-bond donors (Lipinski definition) is 0. The Morgan fingerprint density at radius 1 is 1.14 bits per heavy atom. The Kier molecular flexibility index (Phi) is 24.0. The van der Waals surface area contributed by atoms with Crippen molar-refractivity contribution in [1.82, 2.24) is 0 Å². The summed E-state index contributed by atoms with van der Waals surface area (Å²) >= 11 is 1.44. The first-order valence-corrected chi connectivity index (χ1v) is 3.16. The highest BCUT2D eigenvalue weighted by Crippen LogP contribution is 1.88. The molecule has 46 valence electrons. The van der Waals surface area contributed by atoms with Gasteiger partial charge in [0.2, 0.25) is 0 Å². The van der Waals surface area contributed by atoms with Crippen LogP contribution in [0, 0.1) is 0 Å². The van der Waals surface area contributed by atoms with Gasteiger partial charge in [0.1, 0.15) is 0 Å². The summed E-state index contributed by atoms with van der Waals surface area (Å²) in [4.78, 5) is 0. The zero-order valence-electron chi connectivity index (χ0n) is 4.88. The molecule has 0 saturated heterocycles. The van der Waals surface area contributed by atoms with Crippen molar-refractivity contribution in [2.75, 3.05) is 0 Å². The molecule has 2 heteroatoms. The van der Waals surface area contributed by atoms with Crippen LogP contribution >= 0.6 is 16.4 Å². The molecule has 0 bridgehead atoms. The number of rotatable bonds is 2. The molecule has 0 unspecified atom stereocenters. The van der Waals surface area contributed by atoms with E-state index in [4.69, 9.17) is 0 Å². The van der Waals surface area contributed by atoms with E-state index in [0.29, 0.717) is 0 Å². The fourth-order valence-electron chi connectivity index (χ4n) is 0.354. The predicted molar refractivity (Wildman–Crippen MR) is 35.2 cm³/mol. The maximum Gasteiger partial charge on any atom is 0.158 e. The largest absolute Gasteiger partial charge is 0.158 e. The van der Waals surface area contributed by atoms with Crippen LogP contribution in [0.2, 0.25) is 0 Å². The van der Waals surface area contributed by atoms with Crippen molar-refractivity contribution >= 4 is 16.4 Å². The van der Waals surface area contributed by atoms with Gasteiger partial charge in [-0.3, -0.25) is 0 Å². The Morgan fingerprint density at radius 2 is 1.43 bits per heavy atom. The van der Waals surface area contributed by atoms with Gasteiger partial charge in [-0.25, -0.2) is 0 Å². The Labute approximate surface area is 53.7 Å². The standard InChI is InChI=1S/C5H12.BrF/c1-3-5-4-2;1-2/h3-5H2,1-2H3;. The van der Waals surface area contributed by atoms with E-state index in [1.165, 1.54) is 35.6 Å². The third kappa shape index (κ3) is 21.5. The van der Waals surface area contributed by atoms with E-state index in [2.05, 4.69) is 13.8 Å². The number of hydrogen-bond acceptors (Lipinski definition) is 0. The Hall–Kier alpha value is 0.410. The van der Waals surface area contributed by atoms with Crippen LogP contribution in [0.5, 0.6) is 0 Å². The maximum absolute atomic E-state index is 9.31.